The Labute approximate surface area is 97.7 Å². The van der Waals surface area contributed by atoms with Crippen LogP contribution < -0.4 is 0 Å². The number of hydrogen-bond acceptors (Lipinski definition) is 4. The van der Waals surface area contributed by atoms with E-state index in [9.17, 15) is 14.7 Å². The third-order valence-electron chi connectivity index (χ3n) is 2.63. The molecule has 2 rings (SSSR count). The number of amides is 3. The third kappa shape index (κ3) is 1.83. The van der Waals surface area contributed by atoms with Crippen molar-refractivity contribution in [2.75, 3.05) is 14.1 Å². The SMILES string of the molecule is CN1C(=O)/C(=C\c2ccco2)C(O)N(C)C1=O. The minimum Gasteiger partial charge on any atom is -0.465 e. The fourth-order valence-electron chi connectivity index (χ4n) is 1.60. The van der Waals surface area contributed by atoms with Crippen LogP contribution in [0.4, 0.5) is 4.79 Å². The van der Waals surface area contributed by atoms with Crippen molar-refractivity contribution in [1.29, 1.82) is 0 Å². The van der Waals surface area contributed by atoms with Crippen molar-refractivity contribution in [2.45, 2.75) is 6.23 Å². The average Bonchev–Trinajstić information content (AvgIpc) is 2.82. The van der Waals surface area contributed by atoms with Gasteiger partial charge in [-0.2, -0.15) is 0 Å². The van der Waals surface area contributed by atoms with Crippen LogP contribution in [0.2, 0.25) is 0 Å². The zero-order chi connectivity index (χ0) is 12.6. The monoisotopic (exact) mass is 236 g/mol. The molecule has 0 bridgehead atoms. The quantitative estimate of drug-likeness (QED) is 0.721. The number of likely N-dealkylation sites (N-methyl/N-ethyl adjacent to an activating group) is 2. The number of carbonyl (C=O) groups excluding carboxylic acids is 2. The summed E-state index contributed by atoms with van der Waals surface area (Å²) < 4.78 is 5.07. The zero-order valence-corrected chi connectivity index (χ0v) is 9.45. The molecule has 0 spiro atoms. The van der Waals surface area contributed by atoms with Crippen molar-refractivity contribution < 1.29 is 19.1 Å². The zero-order valence-electron chi connectivity index (χ0n) is 9.45. The van der Waals surface area contributed by atoms with Crippen LogP contribution >= 0.6 is 0 Å². The molecule has 1 saturated heterocycles. The second kappa shape index (κ2) is 4.06. The van der Waals surface area contributed by atoms with Crippen molar-refractivity contribution in [3.05, 3.63) is 29.7 Å². The fourth-order valence-corrected chi connectivity index (χ4v) is 1.60. The van der Waals surface area contributed by atoms with Crippen LogP contribution in [0.25, 0.3) is 6.08 Å². The summed E-state index contributed by atoms with van der Waals surface area (Å²) in [6.07, 6.45) is 1.63. The Hall–Kier alpha value is -2.08. The van der Waals surface area contributed by atoms with Gasteiger partial charge in [-0.05, 0) is 18.2 Å². The number of carbonyl (C=O) groups is 2. The Morgan fingerprint density at radius 2 is 2.12 bits per heavy atom. The van der Waals surface area contributed by atoms with Crippen molar-refractivity contribution in [3.63, 3.8) is 0 Å². The lowest BCUT2D eigenvalue weighted by molar-refractivity contribution is -0.128. The summed E-state index contributed by atoms with van der Waals surface area (Å²) in [7, 11) is 2.79. The molecule has 6 heteroatoms. The van der Waals surface area contributed by atoms with Gasteiger partial charge in [-0.15, -0.1) is 0 Å². The summed E-state index contributed by atoms with van der Waals surface area (Å²) in [6, 6.07) is 2.78. The van der Waals surface area contributed by atoms with E-state index in [4.69, 9.17) is 4.42 Å². The number of rotatable bonds is 1. The van der Waals surface area contributed by atoms with E-state index in [2.05, 4.69) is 0 Å². The highest BCUT2D eigenvalue weighted by molar-refractivity contribution is 6.09. The number of furan rings is 1. The molecule has 3 amide bonds. The van der Waals surface area contributed by atoms with Crippen LogP contribution in [0.3, 0.4) is 0 Å². The molecule has 1 atom stereocenters. The molecule has 0 aliphatic carbocycles. The Morgan fingerprint density at radius 3 is 2.71 bits per heavy atom. The van der Waals surface area contributed by atoms with Gasteiger partial charge in [-0.25, -0.2) is 4.79 Å². The van der Waals surface area contributed by atoms with Gasteiger partial charge in [-0.3, -0.25) is 14.6 Å². The molecule has 6 nitrogen and oxygen atoms in total. The van der Waals surface area contributed by atoms with Crippen molar-refractivity contribution >= 4 is 18.0 Å². The van der Waals surface area contributed by atoms with E-state index < -0.39 is 18.2 Å². The molecule has 0 saturated carbocycles. The first-order valence-electron chi connectivity index (χ1n) is 5.00. The largest absolute Gasteiger partial charge is 0.465 e. The maximum absolute atomic E-state index is 11.8. The van der Waals surface area contributed by atoms with E-state index in [1.165, 1.54) is 26.4 Å². The molecule has 90 valence electrons. The molecule has 1 unspecified atom stereocenters. The first-order valence-corrected chi connectivity index (χ1v) is 5.00. The molecule has 17 heavy (non-hydrogen) atoms. The Bertz CT molecular complexity index is 478. The Morgan fingerprint density at radius 1 is 1.41 bits per heavy atom. The molecule has 1 aliphatic heterocycles. The smallest absolute Gasteiger partial charge is 0.328 e. The number of hydrogen-bond donors (Lipinski definition) is 1. The number of aliphatic hydroxyl groups excluding tert-OH is 1. The second-order valence-electron chi connectivity index (χ2n) is 3.75. The van der Waals surface area contributed by atoms with Gasteiger partial charge >= 0.3 is 6.03 Å². The van der Waals surface area contributed by atoms with Crippen LogP contribution in [0, 0.1) is 0 Å². The molecule has 1 aromatic rings. The lowest BCUT2D eigenvalue weighted by Gasteiger charge is -2.34. The highest BCUT2D eigenvalue weighted by atomic mass is 16.3. The molecule has 1 N–H and O–H groups in total. The van der Waals surface area contributed by atoms with Crippen molar-refractivity contribution in [3.8, 4) is 0 Å². The molecule has 1 fully saturated rings. The first kappa shape index (κ1) is 11.4. The summed E-state index contributed by atoms with van der Waals surface area (Å²) in [4.78, 5) is 25.4. The molecule has 2 heterocycles. The third-order valence-corrected chi connectivity index (χ3v) is 2.63. The summed E-state index contributed by atoms with van der Waals surface area (Å²) in [6.45, 7) is 0. The van der Waals surface area contributed by atoms with E-state index in [-0.39, 0.29) is 5.57 Å². The maximum Gasteiger partial charge on any atom is 0.328 e. The summed E-state index contributed by atoms with van der Waals surface area (Å²) in [5.41, 5.74) is 0.101. The summed E-state index contributed by atoms with van der Waals surface area (Å²) in [5, 5.41) is 9.84. The van der Waals surface area contributed by atoms with E-state index in [1.54, 1.807) is 12.1 Å². The van der Waals surface area contributed by atoms with Gasteiger partial charge in [0.25, 0.3) is 5.91 Å². The average molecular weight is 236 g/mol. The predicted octanol–water partition coefficient (Wildman–Crippen LogP) is 0.505. The molecule has 1 aromatic heterocycles. The lowest BCUT2D eigenvalue weighted by atomic mass is 10.1. The molecular formula is C11H12N2O4. The number of nitrogens with zero attached hydrogens (tertiary/aromatic N) is 2. The van der Waals surface area contributed by atoms with E-state index >= 15 is 0 Å². The van der Waals surface area contributed by atoms with Crippen LogP contribution in [-0.4, -0.2) is 47.2 Å². The number of imide groups is 1. The van der Waals surface area contributed by atoms with E-state index in [0.29, 0.717) is 5.76 Å². The lowest BCUT2D eigenvalue weighted by Crippen LogP contribution is -2.55. The van der Waals surface area contributed by atoms with Crippen molar-refractivity contribution in [1.82, 2.24) is 9.80 Å². The summed E-state index contributed by atoms with van der Waals surface area (Å²) in [5.74, 6) is -0.0828. The van der Waals surface area contributed by atoms with Crippen LogP contribution in [0.1, 0.15) is 5.76 Å². The van der Waals surface area contributed by atoms with Gasteiger partial charge in [0.15, 0.2) is 6.23 Å². The van der Waals surface area contributed by atoms with Gasteiger partial charge in [0, 0.05) is 14.1 Å². The predicted molar refractivity (Wildman–Crippen MR) is 58.6 cm³/mol. The molecular weight excluding hydrogens is 224 g/mol. The van der Waals surface area contributed by atoms with Gasteiger partial charge < -0.3 is 9.52 Å². The van der Waals surface area contributed by atoms with Gasteiger partial charge in [0.2, 0.25) is 0 Å². The highest BCUT2D eigenvalue weighted by Gasteiger charge is 2.37. The van der Waals surface area contributed by atoms with E-state index in [0.717, 1.165) is 9.80 Å². The van der Waals surface area contributed by atoms with Crippen LogP contribution in [0.5, 0.6) is 0 Å². The number of urea groups is 1. The number of aliphatic hydroxyl groups is 1. The van der Waals surface area contributed by atoms with Crippen molar-refractivity contribution in [2.24, 2.45) is 0 Å². The Balaban J connectivity index is 2.39. The van der Waals surface area contributed by atoms with Gasteiger partial charge in [-0.1, -0.05) is 0 Å². The summed E-state index contributed by atoms with van der Waals surface area (Å²) >= 11 is 0. The second-order valence-corrected chi connectivity index (χ2v) is 3.75. The fraction of sp³-hybridized carbons (Fsp3) is 0.273. The first-order chi connectivity index (χ1) is 8.02. The topological polar surface area (TPSA) is 74.0 Å². The standard InChI is InChI=1S/C11H12N2O4/c1-12-9(14)8(6-7-4-3-5-17-7)10(15)13(2)11(12)16/h3-6,9,14H,1-2H3/b8-6-. The molecule has 0 aromatic carbocycles. The minimum atomic E-state index is -1.25. The highest BCUT2D eigenvalue weighted by Crippen LogP contribution is 2.21. The van der Waals surface area contributed by atoms with Gasteiger partial charge in [0.1, 0.15) is 5.76 Å². The molecule has 0 radical (unpaired) electrons. The van der Waals surface area contributed by atoms with Crippen LogP contribution in [-0.2, 0) is 4.79 Å². The Kier molecular flexibility index (Phi) is 2.72. The normalized spacial score (nSPS) is 23.7. The van der Waals surface area contributed by atoms with Gasteiger partial charge in [0.05, 0.1) is 11.8 Å². The van der Waals surface area contributed by atoms with Crippen LogP contribution in [0.15, 0.2) is 28.4 Å². The van der Waals surface area contributed by atoms with E-state index in [1.807, 2.05) is 0 Å². The molecule has 1 aliphatic rings. The minimum absolute atomic E-state index is 0.101. The maximum atomic E-state index is 11.8.